The molecule has 0 unspecified atom stereocenters. The fraction of sp³-hybridized carbons (Fsp3) is 0.375. The van der Waals surface area contributed by atoms with Gasteiger partial charge in [0.1, 0.15) is 11.9 Å². The lowest BCUT2D eigenvalue weighted by molar-refractivity contribution is -0.00501. The number of carbonyl (C=O) groups is 1. The Bertz CT molecular complexity index is 650. The number of benzene rings is 1. The van der Waals surface area contributed by atoms with Crippen LogP contribution < -0.4 is 0 Å². The molecule has 1 aliphatic heterocycles. The van der Waals surface area contributed by atoms with E-state index in [1.54, 1.807) is 6.20 Å². The summed E-state index contributed by atoms with van der Waals surface area (Å²) in [5.41, 5.74) is 2.78. The molecule has 2 heterocycles. The van der Waals surface area contributed by atoms with Crippen molar-refractivity contribution in [1.82, 2.24) is 14.9 Å². The van der Waals surface area contributed by atoms with Crippen molar-refractivity contribution in [3.63, 3.8) is 0 Å². The van der Waals surface area contributed by atoms with Crippen molar-refractivity contribution in [2.24, 2.45) is 0 Å². The van der Waals surface area contributed by atoms with Gasteiger partial charge in [0.25, 0.3) is 5.91 Å². The number of imidazole rings is 1. The number of aryl methyl sites for hydroxylation is 2. The van der Waals surface area contributed by atoms with Gasteiger partial charge in [-0.05, 0) is 26.0 Å². The number of aromatic amines is 1. The van der Waals surface area contributed by atoms with Crippen LogP contribution in [0.5, 0.6) is 0 Å². The number of H-pyrrole nitrogens is 1. The Labute approximate surface area is 124 Å². The third-order valence-electron chi connectivity index (χ3n) is 3.69. The van der Waals surface area contributed by atoms with Gasteiger partial charge in [0, 0.05) is 24.0 Å². The van der Waals surface area contributed by atoms with Crippen molar-refractivity contribution in [1.29, 1.82) is 0 Å². The van der Waals surface area contributed by atoms with Crippen molar-refractivity contribution in [3.05, 3.63) is 53.1 Å². The van der Waals surface area contributed by atoms with Gasteiger partial charge in [-0.25, -0.2) is 4.98 Å². The van der Waals surface area contributed by atoms with Gasteiger partial charge >= 0.3 is 0 Å². The summed E-state index contributed by atoms with van der Waals surface area (Å²) in [5.74, 6) is 0.814. The van der Waals surface area contributed by atoms with E-state index in [0.29, 0.717) is 25.3 Å². The summed E-state index contributed by atoms with van der Waals surface area (Å²) in [4.78, 5) is 22.2. The Morgan fingerprint density at radius 2 is 2.29 bits per heavy atom. The van der Waals surface area contributed by atoms with Gasteiger partial charge < -0.3 is 14.6 Å². The maximum atomic E-state index is 12.8. The lowest BCUT2D eigenvalue weighted by Crippen LogP contribution is -2.43. The fourth-order valence-corrected chi connectivity index (χ4v) is 2.62. The highest BCUT2D eigenvalue weighted by atomic mass is 16.5. The van der Waals surface area contributed by atoms with Crippen LogP contribution in [-0.4, -0.2) is 40.5 Å². The zero-order valence-corrected chi connectivity index (χ0v) is 12.3. The van der Waals surface area contributed by atoms with Gasteiger partial charge in [-0.1, -0.05) is 17.7 Å². The Morgan fingerprint density at radius 1 is 1.43 bits per heavy atom. The van der Waals surface area contributed by atoms with Crippen LogP contribution in [0.1, 0.15) is 33.5 Å². The topological polar surface area (TPSA) is 58.2 Å². The molecule has 1 fully saturated rings. The fourth-order valence-electron chi connectivity index (χ4n) is 2.62. The first-order valence-corrected chi connectivity index (χ1v) is 7.12. The highest BCUT2D eigenvalue weighted by Gasteiger charge is 2.31. The SMILES string of the molecule is Cc1cccc(C(=O)N2CCOC[C@@H]2c2ncc(C)[nH]2)c1. The van der Waals surface area contributed by atoms with E-state index in [9.17, 15) is 4.79 Å². The molecule has 1 N–H and O–H groups in total. The van der Waals surface area contributed by atoms with Crippen LogP contribution >= 0.6 is 0 Å². The quantitative estimate of drug-likeness (QED) is 0.920. The molecule has 1 aromatic heterocycles. The van der Waals surface area contributed by atoms with E-state index in [2.05, 4.69) is 9.97 Å². The van der Waals surface area contributed by atoms with E-state index in [1.165, 1.54) is 0 Å². The van der Waals surface area contributed by atoms with E-state index in [4.69, 9.17) is 4.74 Å². The van der Waals surface area contributed by atoms with Crippen molar-refractivity contribution in [2.45, 2.75) is 19.9 Å². The minimum atomic E-state index is -0.152. The Kier molecular flexibility index (Phi) is 3.75. The van der Waals surface area contributed by atoms with Gasteiger partial charge in [-0.2, -0.15) is 0 Å². The number of hydrogen-bond acceptors (Lipinski definition) is 3. The Morgan fingerprint density at radius 3 is 3.00 bits per heavy atom. The van der Waals surface area contributed by atoms with Crippen LogP contribution in [0.3, 0.4) is 0 Å². The van der Waals surface area contributed by atoms with E-state index in [0.717, 1.165) is 17.1 Å². The first kappa shape index (κ1) is 13.8. The molecule has 1 aliphatic rings. The van der Waals surface area contributed by atoms with Crippen molar-refractivity contribution >= 4 is 5.91 Å². The van der Waals surface area contributed by atoms with Crippen LogP contribution in [-0.2, 0) is 4.74 Å². The minimum absolute atomic E-state index is 0.0288. The van der Waals surface area contributed by atoms with E-state index in [-0.39, 0.29) is 11.9 Å². The first-order chi connectivity index (χ1) is 10.1. The van der Waals surface area contributed by atoms with Gasteiger partial charge in [0.2, 0.25) is 0 Å². The van der Waals surface area contributed by atoms with Crippen LogP contribution in [0.25, 0.3) is 0 Å². The third-order valence-corrected chi connectivity index (χ3v) is 3.69. The number of hydrogen-bond donors (Lipinski definition) is 1. The largest absolute Gasteiger partial charge is 0.377 e. The molecule has 5 heteroatoms. The van der Waals surface area contributed by atoms with Crippen LogP contribution in [0.2, 0.25) is 0 Å². The number of rotatable bonds is 2. The maximum absolute atomic E-state index is 12.8. The molecule has 1 atom stereocenters. The normalized spacial score (nSPS) is 18.8. The molecule has 2 aromatic rings. The molecule has 0 saturated carbocycles. The van der Waals surface area contributed by atoms with Crippen molar-refractivity contribution in [3.8, 4) is 0 Å². The first-order valence-electron chi connectivity index (χ1n) is 7.12. The molecular formula is C16H19N3O2. The number of nitrogens with zero attached hydrogens (tertiary/aromatic N) is 2. The highest BCUT2D eigenvalue weighted by molar-refractivity contribution is 5.94. The summed E-state index contributed by atoms with van der Waals surface area (Å²) < 4.78 is 5.53. The molecule has 1 saturated heterocycles. The third kappa shape index (κ3) is 2.83. The predicted octanol–water partition coefficient (Wildman–Crippen LogP) is 2.24. The molecule has 0 aliphatic carbocycles. The summed E-state index contributed by atoms with van der Waals surface area (Å²) in [6, 6.07) is 7.52. The molecule has 0 spiro atoms. The van der Waals surface area contributed by atoms with Crippen molar-refractivity contribution < 1.29 is 9.53 Å². The molecule has 0 radical (unpaired) electrons. The molecule has 1 aromatic carbocycles. The van der Waals surface area contributed by atoms with Gasteiger partial charge in [-0.15, -0.1) is 0 Å². The zero-order chi connectivity index (χ0) is 14.8. The standard InChI is InChI=1S/C16H19N3O2/c1-11-4-3-5-13(8-11)16(20)19-6-7-21-10-14(19)15-17-9-12(2)18-15/h3-5,8-9,14H,6-7,10H2,1-2H3,(H,17,18)/t14-/m1/s1. The van der Waals surface area contributed by atoms with Crippen LogP contribution in [0.15, 0.2) is 30.5 Å². The molecule has 0 bridgehead atoms. The van der Waals surface area contributed by atoms with Gasteiger partial charge in [0.15, 0.2) is 0 Å². The second kappa shape index (κ2) is 5.69. The minimum Gasteiger partial charge on any atom is -0.377 e. The van der Waals surface area contributed by atoms with Crippen LogP contribution in [0.4, 0.5) is 0 Å². The molecular weight excluding hydrogens is 266 g/mol. The van der Waals surface area contributed by atoms with Crippen molar-refractivity contribution in [2.75, 3.05) is 19.8 Å². The molecule has 5 nitrogen and oxygen atoms in total. The summed E-state index contributed by atoms with van der Waals surface area (Å²) in [5, 5.41) is 0. The number of carbonyl (C=O) groups excluding carboxylic acids is 1. The lowest BCUT2D eigenvalue weighted by Gasteiger charge is -2.34. The summed E-state index contributed by atoms with van der Waals surface area (Å²) in [6.45, 7) is 5.56. The van der Waals surface area contributed by atoms with E-state index >= 15 is 0 Å². The highest BCUT2D eigenvalue weighted by Crippen LogP contribution is 2.24. The number of ether oxygens (including phenoxy) is 1. The number of aromatic nitrogens is 2. The molecule has 21 heavy (non-hydrogen) atoms. The number of morpholine rings is 1. The maximum Gasteiger partial charge on any atom is 0.254 e. The lowest BCUT2D eigenvalue weighted by atomic mass is 10.1. The second-order valence-electron chi connectivity index (χ2n) is 5.41. The average Bonchev–Trinajstić information content (AvgIpc) is 2.93. The van der Waals surface area contributed by atoms with E-state index in [1.807, 2.05) is 43.0 Å². The Hall–Kier alpha value is -2.14. The molecule has 3 rings (SSSR count). The zero-order valence-electron chi connectivity index (χ0n) is 12.3. The Balaban J connectivity index is 1.89. The van der Waals surface area contributed by atoms with Gasteiger partial charge in [0.05, 0.1) is 13.2 Å². The average molecular weight is 285 g/mol. The summed E-state index contributed by atoms with van der Waals surface area (Å²) in [6.07, 6.45) is 1.78. The summed E-state index contributed by atoms with van der Waals surface area (Å²) >= 11 is 0. The number of nitrogens with one attached hydrogen (secondary N) is 1. The number of amides is 1. The summed E-state index contributed by atoms with van der Waals surface area (Å²) in [7, 11) is 0. The monoisotopic (exact) mass is 285 g/mol. The second-order valence-corrected chi connectivity index (χ2v) is 5.41. The molecule has 110 valence electrons. The van der Waals surface area contributed by atoms with Crippen LogP contribution in [0, 0.1) is 13.8 Å². The van der Waals surface area contributed by atoms with E-state index < -0.39 is 0 Å². The van der Waals surface area contributed by atoms with Gasteiger partial charge in [-0.3, -0.25) is 4.79 Å². The smallest absolute Gasteiger partial charge is 0.254 e. The molecule has 1 amide bonds. The predicted molar refractivity (Wildman–Crippen MR) is 79.1 cm³/mol.